The summed E-state index contributed by atoms with van der Waals surface area (Å²) in [6, 6.07) is 7.81. The van der Waals surface area contributed by atoms with Crippen molar-refractivity contribution >= 4 is 5.91 Å². The van der Waals surface area contributed by atoms with Gasteiger partial charge in [0.25, 0.3) is 0 Å². The van der Waals surface area contributed by atoms with Gasteiger partial charge in [0.1, 0.15) is 5.82 Å². The van der Waals surface area contributed by atoms with Crippen LogP contribution < -0.4 is 0 Å². The van der Waals surface area contributed by atoms with Crippen LogP contribution in [0.25, 0.3) is 0 Å². The molecule has 3 heteroatoms. The van der Waals surface area contributed by atoms with Crippen LogP contribution in [0.1, 0.15) is 62.8 Å². The lowest BCUT2D eigenvalue weighted by atomic mass is 9.84. The zero-order valence-corrected chi connectivity index (χ0v) is 13.0. The van der Waals surface area contributed by atoms with E-state index in [4.69, 9.17) is 0 Å². The molecule has 0 N–H and O–H groups in total. The Hall–Kier alpha value is -1.38. The van der Waals surface area contributed by atoms with Gasteiger partial charge in [0, 0.05) is 18.0 Å². The van der Waals surface area contributed by atoms with Crippen molar-refractivity contribution in [1.82, 2.24) is 4.90 Å². The molecule has 1 saturated carbocycles. The third-order valence-corrected chi connectivity index (χ3v) is 6.03. The van der Waals surface area contributed by atoms with Gasteiger partial charge >= 0.3 is 0 Å². The van der Waals surface area contributed by atoms with Crippen molar-refractivity contribution in [2.24, 2.45) is 5.92 Å². The van der Waals surface area contributed by atoms with Crippen LogP contribution in [0, 0.1) is 11.7 Å². The maximum absolute atomic E-state index is 13.1. The molecule has 2 bridgehead atoms. The number of nitrogens with zero attached hydrogens (tertiary/aromatic N) is 1. The maximum Gasteiger partial charge on any atom is 0.226 e. The zero-order valence-electron chi connectivity index (χ0n) is 13.0. The number of halogens is 1. The Labute approximate surface area is 131 Å². The second-order valence-electron chi connectivity index (χ2n) is 7.33. The molecule has 1 aliphatic carbocycles. The minimum absolute atomic E-state index is 0.166. The molecule has 3 atom stereocenters. The Morgan fingerprint density at radius 2 is 1.55 bits per heavy atom. The van der Waals surface area contributed by atoms with Gasteiger partial charge in [-0.2, -0.15) is 0 Å². The molecule has 0 aromatic heterocycles. The summed E-state index contributed by atoms with van der Waals surface area (Å²) in [6.07, 6.45) is 9.05. The SMILES string of the molecule is O=C(C1CCCC1)N1[C@@H]2CC[C@H]1CC(c1ccc(F)cc1)C2. The van der Waals surface area contributed by atoms with E-state index in [2.05, 4.69) is 4.90 Å². The molecule has 1 unspecified atom stereocenters. The number of hydrogen-bond donors (Lipinski definition) is 0. The second kappa shape index (κ2) is 5.68. The highest BCUT2D eigenvalue weighted by atomic mass is 19.1. The molecule has 2 heterocycles. The Bertz CT molecular complexity index is 535. The first-order valence-corrected chi connectivity index (χ1v) is 8.80. The topological polar surface area (TPSA) is 20.3 Å². The highest BCUT2D eigenvalue weighted by molar-refractivity contribution is 5.80. The summed E-state index contributed by atoms with van der Waals surface area (Å²) in [6.45, 7) is 0. The highest BCUT2D eigenvalue weighted by Crippen LogP contribution is 2.44. The van der Waals surface area contributed by atoms with Crippen molar-refractivity contribution < 1.29 is 9.18 Å². The van der Waals surface area contributed by atoms with Crippen LogP contribution in [0.15, 0.2) is 24.3 Å². The summed E-state index contributed by atoms with van der Waals surface area (Å²) >= 11 is 0. The van der Waals surface area contributed by atoms with E-state index in [1.54, 1.807) is 12.1 Å². The molecule has 0 radical (unpaired) electrons. The van der Waals surface area contributed by atoms with Crippen LogP contribution in [-0.4, -0.2) is 22.9 Å². The maximum atomic E-state index is 13.1. The van der Waals surface area contributed by atoms with Gasteiger partial charge in [-0.3, -0.25) is 4.79 Å². The molecular weight excluding hydrogens is 277 g/mol. The quantitative estimate of drug-likeness (QED) is 0.799. The molecule has 4 rings (SSSR count). The smallest absolute Gasteiger partial charge is 0.226 e. The van der Waals surface area contributed by atoms with Crippen molar-refractivity contribution in [3.8, 4) is 0 Å². The predicted octanol–water partition coefficient (Wildman–Crippen LogP) is 4.25. The van der Waals surface area contributed by atoms with Gasteiger partial charge in [0.2, 0.25) is 5.91 Å². The molecule has 3 aliphatic rings. The Balaban J connectivity index is 1.49. The van der Waals surface area contributed by atoms with E-state index in [-0.39, 0.29) is 5.82 Å². The van der Waals surface area contributed by atoms with Crippen LogP contribution >= 0.6 is 0 Å². The van der Waals surface area contributed by atoms with E-state index < -0.39 is 0 Å². The van der Waals surface area contributed by atoms with Crippen LogP contribution in [0.2, 0.25) is 0 Å². The fraction of sp³-hybridized carbons (Fsp3) is 0.632. The van der Waals surface area contributed by atoms with Crippen LogP contribution in [0.4, 0.5) is 4.39 Å². The van der Waals surface area contributed by atoms with E-state index in [0.717, 1.165) is 38.5 Å². The molecular formula is C19H24FNO. The molecule has 1 amide bonds. The number of carbonyl (C=O) groups is 1. The average Bonchev–Trinajstić information content (AvgIpc) is 3.14. The van der Waals surface area contributed by atoms with E-state index in [1.807, 2.05) is 12.1 Å². The largest absolute Gasteiger partial charge is 0.336 e. The van der Waals surface area contributed by atoms with Crippen LogP contribution in [0.5, 0.6) is 0 Å². The summed E-state index contributed by atoms with van der Waals surface area (Å²) < 4.78 is 13.1. The standard InChI is InChI=1S/C19H24FNO/c20-16-7-5-13(6-8-16)15-11-17-9-10-18(12-15)21(17)19(22)14-3-1-2-4-14/h5-8,14-15,17-18H,1-4,9-12H2/t15?,17-,18+. The number of hydrogen-bond acceptors (Lipinski definition) is 1. The first-order valence-electron chi connectivity index (χ1n) is 8.80. The van der Waals surface area contributed by atoms with Crippen LogP contribution in [-0.2, 0) is 4.79 Å². The number of piperidine rings is 1. The summed E-state index contributed by atoms with van der Waals surface area (Å²) in [5.74, 6) is 1.05. The lowest BCUT2D eigenvalue weighted by molar-refractivity contribution is -0.140. The molecule has 2 aliphatic heterocycles. The summed E-state index contributed by atoms with van der Waals surface area (Å²) in [7, 11) is 0. The van der Waals surface area contributed by atoms with Crippen molar-refractivity contribution in [2.75, 3.05) is 0 Å². The van der Waals surface area contributed by atoms with Crippen molar-refractivity contribution in [2.45, 2.75) is 69.4 Å². The van der Waals surface area contributed by atoms with Gasteiger partial charge in [0.05, 0.1) is 0 Å². The fourth-order valence-electron chi connectivity index (χ4n) is 4.93. The number of rotatable bonds is 2. The highest BCUT2D eigenvalue weighted by Gasteiger charge is 2.45. The average molecular weight is 301 g/mol. The van der Waals surface area contributed by atoms with Gasteiger partial charge in [-0.05, 0) is 62.1 Å². The Kier molecular flexibility index (Phi) is 3.67. The summed E-state index contributed by atoms with van der Waals surface area (Å²) in [4.78, 5) is 15.1. The van der Waals surface area contributed by atoms with Crippen molar-refractivity contribution in [3.05, 3.63) is 35.6 Å². The third-order valence-electron chi connectivity index (χ3n) is 6.03. The lowest BCUT2D eigenvalue weighted by Gasteiger charge is -2.40. The van der Waals surface area contributed by atoms with Crippen molar-refractivity contribution in [1.29, 1.82) is 0 Å². The molecule has 3 fully saturated rings. The molecule has 22 heavy (non-hydrogen) atoms. The van der Waals surface area contributed by atoms with E-state index in [0.29, 0.717) is 29.8 Å². The predicted molar refractivity (Wildman–Crippen MR) is 84.0 cm³/mol. The minimum Gasteiger partial charge on any atom is -0.336 e. The van der Waals surface area contributed by atoms with E-state index in [9.17, 15) is 9.18 Å². The zero-order chi connectivity index (χ0) is 15.1. The number of benzene rings is 1. The first kappa shape index (κ1) is 14.2. The lowest BCUT2D eigenvalue weighted by Crippen LogP contribution is -2.48. The minimum atomic E-state index is -0.166. The fourth-order valence-corrected chi connectivity index (χ4v) is 4.93. The van der Waals surface area contributed by atoms with Gasteiger partial charge in [-0.15, -0.1) is 0 Å². The first-order chi connectivity index (χ1) is 10.7. The summed E-state index contributed by atoms with van der Waals surface area (Å²) in [5.41, 5.74) is 1.24. The van der Waals surface area contributed by atoms with Gasteiger partial charge < -0.3 is 4.90 Å². The number of fused-ring (bicyclic) bond motifs is 2. The molecule has 0 spiro atoms. The number of carbonyl (C=O) groups excluding carboxylic acids is 1. The second-order valence-corrected chi connectivity index (χ2v) is 7.33. The molecule has 1 aromatic rings. The summed E-state index contributed by atoms with van der Waals surface area (Å²) in [5, 5.41) is 0. The van der Waals surface area contributed by atoms with Gasteiger partial charge in [-0.1, -0.05) is 25.0 Å². The van der Waals surface area contributed by atoms with Gasteiger partial charge in [0.15, 0.2) is 0 Å². The van der Waals surface area contributed by atoms with Gasteiger partial charge in [-0.25, -0.2) is 4.39 Å². The normalized spacial score (nSPS) is 31.7. The Morgan fingerprint density at radius 3 is 2.14 bits per heavy atom. The van der Waals surface area contributed by atoms with E-state index >= 15 is 0 Å². The monoisotopic (exact) mass is 301 g/mol. The number of amides is 1. The molecule has 118 valence electrons. The molecule has 2 saturated heterocycles. The van der Waals surface area contributed by atoms with Crippen LogP contribution in [0.3, 0.4) is 0 Å². The molecule has 2 nitrogen and oxygen atoms in total. The van der Waals surface area contributed by atoms with Crippen molar-refractivity contribution in [3.63, 3.8) is 0 Å². The Morgan fingerprint density at radius 1 is 0.955 bits per heavy atom. The molecule has 1 aromatic carbocycles. The van der Waals surface area contributed by atoms with E-state index in [1.165, 1.54) is 18.4 Å². The third kappa shape index (κ3) is 2.45.